The molecule has 6 heteroatoms. The van der Waals surface area contributed by atoms with Crippen molar-refractivity contribution in [3.05, 3.63) is 5.01 Å². The second-order valence-electron chi connectivity index (χ2n) is 4.43. The van der Waals surface area contributed by atoms with E-state index in [-0.39, 0.29) is 11.8 Å². The lowest BCUT2D eigenvalue weighted by Crippen LogP contribution is -2.28. The van der Waals surface area contributed by atoms with Crippen LogP contribution in [-0.4, -0.2) is 22.6 Å². The summed E-state index contributed by atoms with van der Waals surface area (Å²) in [4.78, 5) is 11.8. The summed E-state index contributed by atoms with van der Waals surface area (Å²) in [6.45, 7) is 6.56. The lowest BCUT2D eigenvalue weighted by Gasteiger charge is -2.09. The van der Waals surface area contributed by atoms with Crippen molar-refractivity contribution in [1.82, 2.24) is 10.2 Å². The van der Waals surface area contributed by atoms with Gasteiger partial charge in [-0.25, -0.2) is 0 Å². The van der Waals surface area contributed by atoms with Gasteiger partial charge in [-0.2, -0.15) is 0 Å². The van der Waals surface area contributed by atoms with Gasteiger partial charge in [-0.15, -0.1) is 10.2 Å². The summed E-state index contributed by atoms with van der Waals surface area (Å²) in [5.74, 6) is 0.327. The largest absolute Gasteiger partial charge is 0.330 e. The zero-order chi connectivity index (χ0) is 12.8. The first-order valence-electron chi connectivity index (χ1n) is 5.90. The summed E-state index contributed by atoms with van der Waals surface area (Å²) in [5, 5.41) is 12.3. The number of nitrogens with two attached hydrogens (primary N) is 1. The standard InChI is InChI=1S/C11H20N4OS/c1-4-8(6-12)10(16)13-11-15-14-9(17-11)5-7(2)3/h7-8H,4-6,12H2,1-3H3,(H,13,15,16). The van der Waals surface area contributed by atoms with Crippen LogP contribution in [0.2, 0.25) is 0 Å². The van der Waals surface area contributed by atoms with E-state index in [9.17, 15) is 4.79 Å². The maximum absolute atomic E-state index is 11.8. The molecule has 1 aromatic rings. The van der Waals surface area contributed by atoms with Crippen LogP contribution in [0.4, 0.5) is 5.13 Å². The molecule has 1 rings (SSSR count). The molecule has 0 fully saturated rings. The number of carbonyl (C=O) groups is 1. The van der Waals surface area contributed by atoms with E-state index in [4.69, 9.17) is 5.73 Å². The zero-order valence-corrected chi connectivity index (χ0v) is 11.4. The Kier molecular flexibility index (Phi) is 5.50. The molecule has 0 bridgehead atoms. The van der Waals surface area contributed by atoms with Crippen molar-refractivity contribution < 1.29 is 4.79 Å². The van der Waals surface area contributed by atoms with E-state index in [0.717, 1.165) is 17.8 Å². The van der Waals surface area contributed by atoms with E-state index in [1.807, 2.05) is 6.92 Å². The van der Waals surface area contributed by atoms with Crippen molar-refractivity contribution in [2.24, 2.45) is 17.6 Å². The van der Waals surface area contributed by atoms with Gasteiger partial charge in [0, 0.05) is 13.0 Å². The predicted octanol–water partition coefficient (Wildman–Crippen LogP) is 1.66. The lowest BCUT2D eigenvalue weighted by molar-refractivity contribution is -0.119. The highest BCUT2D eigenvalue weighted by Crippen LogP contribution is 2.19. The van der Waals surface area contributed by atoms with Crippen LogP contribution in [0.1, 0.15) is 32.2 Å². The smallest absolute Gasteiger partial charge is 0.230 e. The first-order valence-corrected chi connectivity index (χ1v) is 6.71. The van der Waals surface area contributed by atoms with Crippen molar-refractivity contribution in [1.29, 1.82) is 0 Å². The van der Waals surface area contributed by atoms with Gasteiger partial charge in [0.2, 0.25) is 11.0 Å². The minimum Gasteiger partial charge on any atom is -0.330 e. The molecule has 96 valence electrons. The van der Waals surface area contributed by atoms with E-state index >= 15 is 0 Å². The average molecular weight is 256 g/mol. The van der Waals surface area contributed by atoms with Crippen LogP contribution >= 0.6 is 11.3 Å². The molecule has 0 aliphatic heterocycles. The molecule has 0 aromatic carbocycles. The molecule has 1 unspecified atom stereocenters. The summed E-state index contributed by atoms with van der Waals surface area (Å²) in [6, 6.07) is 0. The Bertz CT molecular complexity index is 360. The van der Waals surface area contributed by atoms with Crippen LogP contribution in [0.15, 0.2) is 0 Å². The van der Waals surface area contributed by atoms with Crippen molar-refractivity contribution >= 4 is 22.4 Å². The predicted molar refractivity (Wildman–Crippen MR) is 69.9 cm³/mol. The van der Waals surface area contributed by atoms with Crippen molar-refractivity contribution in [3.8, 4) is 0 Å². The second-order valence-corrected chi connectivity index (χ2v) is 5.49. The molecular formula is C11H20N4OS. The van der Waals surface area contributed by atoms with Gasteiger partial charge in [0.25, 0.3) is 0 Å². The molecule has 0 aliphatic carbocycles. The molecule has 1 aromatic heterocycles. The molecule has 17 heavy (non-hydrogen) atoms. The molecule has 1 atom stereocenters. The number of aromatic nitrogens is 2. The zero-order valence-electron chi connectivity index (χ0n) is 10.6. The summed E-state index contributed by atoms with van der Waals surface area (Å²) in [7, 11) is 0. The molecule has 1 amide bonds. The van der Waals surface area contributed by atoms with Gasteiger partial charge in [0.1, 0.15) is 5.01 Å². The Morgan fingerprint density at radius 1 is 1.47 bits per heavy atom. The normalized spacial score (nSPS) is 12.8. The van der Waals surface area contributed by atoms with Crippen LogP contribution < -0.4 is 11.1 Å². The maximum Gasteiger partial charge on any atom is 0.230 e. The maximum atomic E-state index is 11.8. The summed E-state index contributed by atoms with van der Waals surface area (Å²) in [6.07, 6.45) is 1.63. The van der Waals surface area contributed by atoms with Crippen LogP contribution in [0, 0.1) is 11.8 Å². The average Bonchev–Trinajstić information content (AvgIpc) is 2.66. The monoisotopic (exact) mass is 256 g/mol. The van der Waals surface area contributed by atoms with E-state index in [0.29, 0.717) is 17.6 Å². The SMILES string of the molecule is CCC(CN)C(=O)Nc1nnc(CC(C)C)s1. The van der Waals surface area contributed by atoms with E-state index in [1.54, 1.807) is 0 Å². The van der Waals surface area contributed by atoms with Crippen molar-refractivity contribution in [2.45, 2.75) is 33.6 Å². The number of rotatable bonds is 6. The molecule has 5 nitrogen and oxygen atoms in total. The van der Waals surface area contributed by atoms with E-state index in [1.165, 1.54) is 11.3 Å². The van der Waals surface area contributed by atoms with Crippen LogP contribution in [0.3, 0.4) is 0 Å². The molecule has 1 heterocycles. The number of amides is 1. The number of carbonyl (C=O) groups excluding carboxylic acids is 1. The highest BCUT2D eigenvalue weighted by Gasteiger charge is 2.16. The van der Waals surface area contributed by atoms with Gasteiger partial charge in [-0.3, -0.25) is 4.79 Å². The summed E-state index contributed by atoms with van der Waals surface area (Å²) < 4.78 is 0. The third-order valence-electron chi connectivity index (χ3n) is 2.43. The number of anilines is 1. The Morgan fingerprint density at radius 2 is 2.18 bits per heavy atom. The third kappa shape index (κ3) is 4.40. The van der Waals surface area contributed by atoms with Crippen LogP contribution in [0.25, 0.3) is 0 Å². The van der Waals surface area contributed by atoms with Crippen molar-refractivity contribution in [2.75, 3.05) is 11.9 Å². The fourth-order valence-electron chi connectivity index (χ4n) is 1.40. The molecule has 0 radical (unpaired) electrons. The highest BCUT2D eigenvalue weighted by molar-refractivity contribution is 7.15. The van der Waals surface area contributed by atoms with Gasteiger partial charge < -0.3 is 11.1 Å². The minimum atomic E-state index is -0.146. The van der Waals surface area contributed by atoms with Gasteiger partial charge in [0.15, 0.2) is 0 Å². The van der Waals surface area contributed by atoms with E-state index in [2.05, 4.69) is 29.4 Å². The van der Waals surface area contributed by atoms with Crippen LogP contribution in [-0.2, 0) is 11.2 Å². The molecular weight excluding hydrogens is 236 g/mol. The number of nitrogens with one attached hydrogen (secondary N) is 1. The highest BCUT2D eigenvalue weighted by atomic mass is 32.1. The van der Waals surface area contributed by atoms with Crippen molar-refractivity contribution in [3.63, 3.8) is 0 Å². The van der Waals surface area contributed by atoms with E-state index < -0.39 is 0 Å². The Hall–Kier alpha value is -1.01. The first kappa shape index (κ1) is 14.1. The number of hydrogen-bond acceptors (Lipinski definition) is 5. The minimum absolute atomic E-state index is 0.0674. The summed E-state index contributed by atoms with van der Waals surface area (Å²) >= 11 is 1.43. The molecule has 0 spiro atoms. The quantitative estimate of drug-likeness (QED) is 0.811. The first-order chi connectivity index (χ1) is 8.06. The molecule has 0 saturated carbocycles. The van der Waals surface area contributed by atoms with Gasteiger partial charge in [-0.05, 0) is 12.3 Å². The lowest BCUT2D eigenvalue weighted by atomic mass is 10.1. The Morgan fingerprint density at radius 3 is 2.71 bits per heavy atom. The summed E-state index contributed by atoms with van der Waals surface area (Å²) in [5.41, 5.74) is 5.52. The topological polar surface area (TPSA) is 80.9 Å². The van der Waals surface area contributed by atoms with Gasteiger partial charge >= 0.3 is 0 Å². The third-order valence-corrected chi connectivity index (χ3v) is 3.29. The second kappa shape index (κ2) is 6.66. The number of nitrogens with zero attached hydrogens (tertiary/aromatic N) is 2. The van der Waals surface area contributed by atoms with Crippen LogP contribution in [0.5, 0.6) is 0 Å². The molecule has 0 saturated heterocycles. The fraction of sp³-hybridized carbons (Fsp3) is 0.727. The fourth-order valence-corrected chi connectivity index (χ4v) is 2.36. The van der Waals surface area contributed by atoms with Gasteiger partial charge in [-0.1, -0.05) is 32.1 Å². The Balaban J connectivity index is 2.57. The van der Waals surface area contributed by atoms with Gasteiger partial charge in [0.05, 0.1) is 5.92 Å². The Labute approximate surface area is 106 Å². The molecule has 0 aliphatic rings. The molecule has 3 N–H and O–H groups in total. The number of hydrogen-bond donors (Lipinski definition) is 2.